The molecule has 318 valence electrons. The maximum absolute atomic E-state index is 13.4. The van der Waals surface area contributed by atoms with Gasteiger partial charge in [-0.15, -0.1) is 0 Å². The minimum atomic E-state index is -1.16. The molecule has 56 heavy (non-hydrogen) atoms. The Hall–Kier alpha value is -3.88. The van der Waals surface area contributed by atoms with E-state index in [9.17, 15) is 28.8 Å². The first-order valence-electron chi connectivity index (χ1n) is 19.7. The highest BCUT2D eigenvalue weighted by molar-refractivity contribution is 9.10. The second-order valence-corrected chi connectivity index (χ2v) is 17.6. The van der Waals surface area contributed by atoms with E-state index in [0.717, 1.165) is 10.0 Å². The quantitative estimate of drug-likeness (QED) is 0.0579. The summed E-state index contributed by atoms with van der Waals surface area (Å²) in [6.07, 6.45) is 1.94. The number of nitrogens with zero attached hydrogens (tertiary/aromatic N) is 1. The molecule has 1 unspecified atom stereocenters. The summed E-state index contributed by atoms with van der Waals surface area (Å²) >= 11 is 3.45. The SMILES string of the molecule is CC(C)COC(=O)CCC(NC(=O)N[C@@H](CCCCN(Cc1ccc(Br)cc1)C(=O)CCCCNC(=O)OC(C)(C)C)C(=O)OC(C)(C)C)C(=O)OCC(C)C. The molecule has 0 saturated heterocycles. The van der Waals surface area contributed by atoms with E-state index in [4.69, 9.17) is 18.9 Å². The predicted octanol–water partition coefficient (Wildman–Crippen LogP) is 7.20. The molecule has 0 aliphatic heterocycles. The van der Waals surface area contributed by atoms with E-state index < -0.39 is 53.3 Å². The second kappa shape index (κ2) is 25.4. The van der Waals surface area contributed by atoms with Gasteiger partial charge in [-0.1, -0.05) is 55.8 Å². The number of hydrogen-bond acceptors (Lipinski definition) is 10. The van der Waals surface area contributed by atoms with Gasteiger partial charge in [-0.3, -0.25) is 9.59 Å². The molecule has 15 heteroatoms. The van der Waals surface area contributed by atoms with Crippen molar-refractivity contribution in [3.63, 3.8) is 0 Å². The molecule has 0 saturated carbocycles. The van der Waals surface area contributed by atoms with Gasteiger partial charge in [-0.2, -0.15) is 0 Å². The van der Waals surface area contributed by atoms with Crippen LogP contribution in [0.25, 0.3) is 0 Å². The number of nitrogens with one attached hydrogen (secondary N) is 3. The Morgan fingerprint density at radius 3 is 1.84 bits per heavy atom. The summed E-state index contributed by atoms with van der Waals surface area (Å²) < 4.78 is 22.4. The van der Waals surface area contributed by atoms with Gasteiger partial charge in [-0.05, 0) is 110 Å². The molecule has 1 aromatic carbocycles. The number of carbonyl (C=O) groups is 6. The largest absolute Gasteiger partial charge is 0.465 e. The molecule has 2 atom stereocenters. The zero-order valence-corrected chi connectivity index (χ0v) is 36.8. The van der Waals surface area contributed by atoms with Crippen LogP contribution in [0, 0.1) is 11.8 Å². The van der Waals surface area contributed by atoms with Gasteiger partial charge in [0.1, 0.15) is 23.3 Å². The number of urea groups is 1. The van der Waals surface area contributed by atoms with Crippen molar-refractivity contribution in [2.75, 3.05) is 26.3 Å². The number of carbonyl (C=O) groups excluding carboxylic acids is 6. The number of rotatable bonds is 23. The number of hydrogen-bond donors (Lipinski definition) is 3. The summed E-state index contributed by atoms with van der Waals surface area (Å²) in [6, 6.07) is 4.69. The van der Waals surface area contributed by atoms with Crippen LogP contribution in [0.15, 0.2) is 28.7 Å². The summed E-state index contributed by atoms with van der Waals surface area (Å²) in [5.74, 6) is -1.70. The number of esters is 3. The molecule has 1 aromatic rings. The highest BCUT2D eigenvalue weighted by Gasteiger charge is 2.30. The number of halogens is 1. The van der Waals surface area contributed by atoms with Crippen molar-refractivity contribution in [2.45, 2.75) is 150 Å². The van der Waals surface area contributed by atoms with E-state index in [2.05, 4.69) is 31.9 Å². The molecular formula is C41H67BrN4O10. The van der Waals surface area contributed by atoms with Gasteiger partial charge >= 0.3 is 30.0 Å². The Labute approximate surface area is 342 Å². The lowest BCUT2D eigenvalue weighted by Crippen LogP contribution is -2.52. The third-order valence-electron chi connectivity index (χ3n) is 7.66. The van der Waals surface area contributed by atoms with E-state index in [1.165, 1.54) is 0 Å². The summed E-state index contributed by atoms with van der Waals surface area (Å²) in [7, 11) is 0. The van der Waals surface area contributed by atoms with Crippen LogP contribution in [-0.4, -0.2) is 90.4 Å². The van der Waals surface area contributed by atoms with E-state index in [1.54, 1.807) is 46.4 Å². The first kappa shape index (κ1) is 50.1. The molecule has 0 aromatic heterocycles. The first-order chi connectivity index (χ1) is 26.0. The Balaban J connectivity index is 2.97. The normalized spacial score (nSPS) is 12.7. The predicted molar refractivity (Wildman–Crippen MR) is 217 cm³/mol. The molecule has 0 aliphatic rings. The molecule has 0 spiro atoms. The van der Waals surface area contributed by atoms with Crippen molar-refractivity contribution in [3.05, 3.63) is 34.3 Å². The van der Waals surface area contributed by atoms with Gasteiger partial charge in [0, 0.05) is 36.9 Å². The van der Waals surface area contributed by atoms with Gasteiger partial charge in [0.2, 0.25) is 5.91 Å². The lowest BCUT2D eigenvalue weighted by molar-refractivity contribution is -0.157. The van der Waals surface area contributed by atoms with Gasteiger partial charge in [0.15, 0.2) is 0 Å². The highest BCUT2D eigenvalue weighted by Crippen LogP contribution is 2.17. The van der Waals surface area contributed by atoms with Gasteiger partial charge in [0.05, 0.1) is 13.2 Å². The molecule has 0 fully saturated rings. The van der Waals surface area contributed by atoms with Crippen LogP contribution in [0.3, 0.4) is 0 Å². The number of benzene rings is 1. The highest BCUT2D eigenvalue weighted by atomic mass is 79.9. The summed E-state index contributed by atoms with van der Waals surface area (Å²) in [5, 5.41) is 7.96. The third-order valence-corrected chi connectivity index (χ3v) is 8.18. The van der Waals surface area contributed by atoms with Gasteiger partial charge in [-0.25, -0.2) is 19.2 Å². The van der Waals surface area contributed by atoms with Crippen molar-refractivity contribution in [1.29, 1.82) is 0 Å². The molecule has 0 bridgehead atoms. The molecule has 4 amide bonds. The zero-order chi connectivity index (χ0) is 42.5. The number of unbranched alkanes of at least 4 members (excludes halogenated alkanes) is 2. The molecular weight excluding hydrogens is 788 g/mol. The Morgan fingerprint density at radius 2 is 1.27 bits per heavy atom. The molecule has 0 heterocycles. The van der Waals surface area contributed by atoms with E-state index in [-0.39, 0.29) is 56.6 Å². The Bertz CT molecular complexity index is 1390. The number of alkyl carbamates (subject to hydrolysis) is 1. The molecule has 1 rings (SSSR count). The van der Waals surface area contributed by atoms with Crippen molar-refractivity contribution in [1.82, 2.24) is 20.9 Å². The maximum Gasteiger partial charge on any atom is 0.407 e. The van der Waals surface area contributed by atoms with Gasteiger partial charge < -0.3 is 39.8 Å². The van der Waals surface area contributed by atoms with E-state index >= 15 is 0 Å². The molecule has 0 radical (unpaired) electrons. The smallest absolute Gasteiger partial charge is 0.407 e. The Morgan fingerprint density at radius 1 is 0.696 bits per heavy atom. The fourth-order valence-corrected chi connectivity index (χ4v) is 5.25. The lowest BCUT2D eigenvalue weighted by atomic mass is 10.1. The first-order valence-corrected chi connectivity index (χ1v) is 20.4. The van der Waals surface area contributed by atoms with Gasteiger partial charge in [0.25, 0.3) is 0 Å². The van der Waals surface area contributed by atoms with Crippen LogP contribution in [-0.2, 0) is 44.7 Å². The number of ether oxygens (including phenoxy) is 4. The standard InChI is InChI=1S/C41H67BrN4O10/c1-28(2)26-53-35(48)22-21-33(36(49)54-27-29(3)4)45-38(51)44-32(37(50)55-40(5,6)7)15-12-14-24-46(25-30-17-19-31(42)20-18-30)34(47)16-11-13-23-43-39(52)56-41(8,9)10/h17-20,28-29,32-33H,11-16,21-27H2,1-10H3,(H,43,52)(H2,44,45,51)/t32-,33?/m0/s1. The monoisotopic (exact) mass is 854 g/mol. The van der Waals surface area contributed by atoms with E-state index in [0.29, 0.717) is 45.3 Å². The lowest BCUT2D eigenvalue weighted by Gasteiger charge is -2.26. The minimum Gasteiger partial charge on any atom is -0.465 e. The summed E-state index contributed by atoms with van der Waals surface area (Å²) in [6.45, 7) is 19.6. The number of amides is 4. The average molecular weight is 856 g/mol. The van der Waals surface area contributed by atoms with Crippen LogP contribution in [0.4, 0.5) is 9.59 Å². The van der Waals surface area contributed by atoms with Crippen LogP contribution in [0.1, 0.15) is 126 Å². The molecule has 3 N–H and O–H groups in total. The molecule has 14 nitrogen and oxygen atoms in total. The van der Waals surface area contributed by atoms with E-state index in [1.807, 2.05) is 52.0 Å². The molecule has 0 aliphatic carbocycles. The van der Waals surface area contributed by atoms with Crippen molar-refractivity contribution < 1.29 is 47.7 Å². The average Bonchev–Trinajstić information content (AvgIpc) is 3.07. The fourth-order valence-electron chi connectivity index (χ4n) is 4.99. The van der Waals surface area contributed by atoms with Crippen LogP contribution < -0.4 is 16.0 Å². The van der Waals surface area contributed by atoms with Crippen molar-refractivity contribution >= 4 is 51.9 Å². The Kier molecular flexibility index (Phi) is 22.7. The van der Waals surface area contributed by atoms with Crippen molar-refractivity contribution in [2.24, 2.45) is 11.8 Å². The topological polar surface area (TPSA) is 179 Å². The van der Waals surface area contributed by atoms with Crippen molar-refractivity contribution in [3.8, 4) is 0 Å². The third kappa shape index (κ3) is 24.6. The second-order valence-electron chi connectivity index (χ2n) is 16.7. The van der Waals surface area contributed by atoms with Crippen LogP contribution in [0.2, 0.25) is 0 Å². The summed E-state index contributed by atoms with van der Waals surface area (Å²) in [5.41, 5.74) is -0.476. The maximum atomic E-state index is 13.4. The zero-order valence-electron chi connectivity index (χ0n) is 35.2. The van der Waals surface area contributed by atoms with Crippen LogP contribution in [0.5, 0.6) is 0 Å². The minimum absolute atomic E-state index is 0.0464. The fraction of sp³-hybridized carbons (Fsp3) is 0.707. The van der Waals surface area contributed by atoms with Crippen LogP contribution >= 0.6 is 15.9 Å². The summed E-state index contributed by atoms with van der Waals surface area (Å²) in [4.78, 5) is 79.0.